The molecule has 0 bridgehead atoms. The van der Waals surface area contributed by atoms with Crippen LogP contribution in [-0.2, 0) is 0 Å². The minimum absolute atomic E-state index is 0.392. The Morgan fingerprint density at radius 1 is 1.11 bits per heavy atom. The van der Waals surface area contributed by atoms with Crippen molar-refractivity contribution in [2.75, 3.05) is 5.32 Å². The average molecular weight is 373 g/mol. The van der Waals surface area contributed by atoms with E-state index in [1.165, 1.54) is 6.07 Å². The molecule has 0 saturated heterocycles. The van der Waals surface area contributed by atoms with Crippen molar-refractivity contribution in [1.82, 2.24) is 0 Å². The van der Waals surface area contributed by atoms with Crippen molar-refractivity contribution < 1.29 is 13.6 Å². The lowest BCUT2D eigenvalue weighted by Gasteiger charge is -2.09. The third-order valence-corrected chi connectivity index (χ3v) is 4.07. The van der Waals surface area contributed by atoms with Gasteiger partial charge in [0.15, 0.2) is 0 Å². The summed E-state index contributed by atoms with van der Waals surface area (Å²) in [5.41, 5.74) is 0.898. The first-order chi connectivity index (χ1) is 9.00. The van der Waals surface area contributed by atoms with E-state index in [-0.39, 0.29) is 0 Å². The van der Waals surface area contributed by atoms with Gasteiger partial charge in [0.2, 0.25) is 0 Å². The Hall–Kier alpha value is -1.50. The smallest absolute Gasteiger partial charge is 0.256 e. The zero-order valence-corrected chi connectivity index (χ0v) is 12.2. The molecular formula is C14H10F2INO. The van der Waals surface area contributed by atoms with Gasteiger partial charge in [-0.25, -0.2) is 8.78 Å². The summed E-state index contributed by atoms with van der Waals surface area (Å²) in [7, 11) is 0. The van der Waals surface area contributed by atoms with Crippen LogP contribution in [0.3, 0.4) is 0 Å². The number of amides is 1. The molecule has 0 fully saturated rings. The van der Waals surface area contributed by atoms with E-state index in [9.17, 15) is 13.6 Å². The molecule has 0 aromatic heterocycles. The lowest BCUT2D eigenvalue weighted by Crippen LogP contribution is -2.16. The molecule has 1 N–H and O–H groups in total. The van der Waals surface area contributed by atoms with Gasteiger partial charge in [-0.2, -0.15) is 0 Å². The number of anilines is 1. The number of carbonyl (C=O) groups is 1. The van der Waals surface area contributed by atoms with Gasteiger partial charge in [0.1, 0.15) is 17.3 Å². The number of aryl methyl sites for hydroxylation is 1. The van der Waals surface area contributed by atoms with E-state index in [4.69, 9.17) is 0 Å². The fraction of sp³-hybridized carbons (Fsp3) is 0.0714. The van der Waals surface area contributed by atoms with Crippen LogP contribution in [0.2, 0.25) is 0 Å². The number of hydrogen-bond donors (Lipinski definition) is 1. The summed E-state index contributed by atoms with van der Waals surface area (Å²) < 4.78 is 27.7. The van der Waals surface area contributed by atoms with E-state index in [2.05, 4.69) is 5.32 Å². The van der Waals surface area contributed by atoms with Crippen LogP contribution in [0.1, 0.15) is 15.9 Å². The molecule has 0 heterocycles. The predicted molar refractivity (Wildman–Crippen MR) is 78.2 cm³/mol. The molecule has 5 heteroatoms. The van der Waals surface area contributed by atoms with E-state index in [1.54, 1.807) is 12.1 Å². The van der Waals surface area contributed by atoms with Gasteiger partial charge in [0, 0.05) is 3.57 Å². The second-order valence-electron chi connectivity index (χ2n) is 3.99. The fourth-order valence-electron chi connectivity index (χ4n) is 1.62. The van der Waals surface area contributed by atoms with Crippen molar-refractivity contribution in [3.8, 4) is 0 Å². The van der Waals surface area contributed by atoms with Crippen molar-refractivity contribution >= 4 is 34.2 Å². The monoisotopic (exact) mass is 373 g/mol. The fourth-order valence-corrected chi connectivity index (χ4v) is 2.23. The molecule has 0 aliphatic carbocycles. The van der Waals surface area contributed by atoms with E-state index >= 15 is 0 Å². The van der Waals surface area contributed by atoms with Crippen molar-refractivity contribution in [1.29, 1.82) is 0 Å². The molecule has 0 atom stereocenters. The minimum atomic E-state index is -0.795. The van der Waals surface area contributed by atoms with E-state index < -0.39 is 23.2 Å². The summed E-state index contributed by atoms with van der Waals surface area (Å²) in [6.07, 6.45) is 0. The van der Waals surface area contributed by atoms with Gasteiger partial charge in [-0.1, -0.05) is 18.2 Å². The first-order valence-corrected chi connectivity index (χ1v) is 6.59. The summed E-state index contributed by atoms with van der Waals surface area (Å²) in [4.78, 5) is 12.0. The van der Waals surface area contributed by atoms with Crippen LogP contribution in [0, 0.1) is 22.1 Å². The van der Waals surface area contributed by atoms with Gasteiger partial charge in [-0.3, -0.25) is 4.79 Å². The highest BCUT2D eigenvalue weighted by atomic mass is 127. The summed E-state index contributed by atoms with van der Waals surface area (Å²) in [5.74, 6) is -2.12. The number of rotatable bonds is 2. The van der Waals surface area contributed by atoms with E-state index in [1.807, 2.05) is 35.6 Å². The van der Waals surface area contributed by atoms with Crippen LogP contribution in [-0.4, -0.2) is 5.91 Å². The highest BCUT2D eigenvalue weighted by molar-refractivity contribution is 14.1. The summed E-state index contributed by atoms with van der Waals surface area (Å²) in [6.45, 7) is 1.86. The summed E-state index contributed by atoms with van der Waals surface area (Å²) >= 11 is 2.03. The van der Waals surface area contributed by atoms with Gasteiger partial charge in [-0.15, -0.1) is 0 Å². The summed E-state index contributed by atoms with van der Waals surface area (Å²) in [5, 5.41) is 2.27. The molecule has 98 valence electrons. The molecule has 0 radical (unpaired) electrons. The molecular weight excluding hydrogens is 363 g/mol. The molecule has 0 aliphatic heterocycles. The van der Waals surface area contributed by atoms with Gasteiger partial charge in [0.25, 0.3) is 5.91 Å². The van der Waals surface area contributed by atoms with Crippen molar-refractivity contribution in [3.63, 3.8) is 0 Å². The maximum atomic E-state index is 13.4. The van der Waals surface area contributed by atoms with Crippen LogP contribution in [0.4, 0.5) is 14.5 Å². The van der Waals surface area contributed by atoms with Crippen LogP contribution in [0.25, 0.3) is 0 Å². The maximum absolute atomic E-state index is 13.4. The van der Waals surface area contributed by atoms with E-state index in [0.29, 0.717) is 5.56 Å². The third-order valence-electron chi connectivity index (χ3n) is 2.64. The minimum Gasteiger partial charge on any atom is -0.317 e. The molecule has 0 saturated carbocycles. The third kappa shape index (κ3) is 2.91. The number of para-hydroxylation sites is 1. The van der Waals surface area contributed by atoms with Crippen LogP contribution in [0.15, 0.2) is 36.4 Å². The van der Waals surface area contributed by atoms with Crippen LogP contribution >= 0.6 is 22.6 Å². The predicted octanol–water partition coefficient (Wildman–Crippen LogP) is 4.13. The lowest BCUT2D eigenvalue weighted by molar-refractivity contribution is 0.102. The molecule has 0 unspecified atom stereocenters. The average Bonchev–Trinajstić information content (AvgIpc) is 2.37. The van der Waals surface area contributed by atoms with Crippen molar-refractivity contribution in [2.24, 2.45) is 0 Å². The Morgan fingerprint density at radius 3 is 2.32 bits per heavy atom. The van der Waals surface area contributed by atoms with Gasteiger partial charge >= 0.3 is 0 Å². The number of halogens is 3. The molecule has 0 spiro atoms. The highest BCUT2D eigenvalue weighted by Gasteiger charge is 2.15. The molecule has 1 amide bonds. The van der Waals surface area contributed by atoms with Gasteiger partial charge < -0.3 is 5.32 Å². The van der Waals surface area contributed by atoms with E-state index in [0.717, 1.165) is 21.3 Å². The second-order valence-corrected chi connectivity index (χ2v) is 5.07. The number of nitrogens with one attached hydrogen (secondary N) is 1. The number of hydrogen-bond acceptors (Lipinski definition) is 1. The largest absolute Gasteiger partial charge is 0.317 e. The molecule has 0 aliphatic rings. The SMILES string of the molecule is Cc1cccc(C(=O)Nc2c(F)cccc2F)c1I. The zero-order valence-electron chi connectivity index (χ0n) is 10.0. The maximum Gasteiger partial charge on any atom is 0.256 e. The molecule has 2 rings (SSSR count). The standard InChI is InChI=1S/C14H10F2INO/c1-8-4-2-5-9(12(8)17)14(19)18-13-10(15)6-3-7-11(13)16/h2-7H,1H3,(H,18,19). The number of carbonyl (C=O) groups excluding carboxylic acids is 1. The van der Waals surface area contributed by atoms with Crippen LogP contribution in [0.5, 0.6) is 0 Å². The zero-order chi connectivity index (χ0) is 14.0. The second kappa shape index (κ2) is 5.64. The molecule has 19 heavy (non-hydrogen) atoms. The Morgan fingerprint density at radius 2 is 1.68 bits per heavy atom. The van der Waals surface area contributed by atoms with Crippen molar-refractivity contribution in [2.45, 2.75) is 6.92 Å². The first-order valence-electron chi connectivity index (χ1n) is 5.51. The Balaban J connectivity index is 2.34. The van der Waals surface area contributed by atoms with Gasteiger partial charge in [-0.05, 0) is 53.3 Å². The first kappa shape index (κ1) is 13.9. The molecule has 2 aromatic rings. The summed E-state index contributed by atoms with van der Waals surface area (Å²) in [6, 6.07) is 8.64. The molecule has 2 aromatic carbocycles. The number of benzene rings is 2. The lowest BCUT2D eigenvalue weighted by atomic mass is 10.1. The Kier molecular flexibility index (Phi) is 4.14. The quantitative estimate of drug-likeness (QED) is 0.789. The Labute approximate surface area is 123 Å². The van der Waals surface area contributed by atoms with Crippen molar-refractivity contribution in [3.05, 3.63) is 62.7 Å². The molecule has 2 nitrogen and oxygen atoms in total. The topological polar surface area (TPSA) is 29.1 Å². The van der Waals surface area contributed by atoms with Crippen LogP contribution < -0.4 is 5.32 Å². The normalized spacial score (nSPS) is 10.3. The Bertz CT molecular complexity index is 623. The van der Waals surface area contributed by atoms with Gasteiger partial charge in [0.05, 0.1) is 5.56 Å². The highest BCUT2D eigenvalue weighted by Crippen LogP contribution is 2.21.